The molecule has 8 heteroatoms. The molecule has 0 aromatic heterocycles. The van der Waals surface area contributed by atoms with E-state index in [4.69, 9.17) is 16.3 Å². The normalized spacial score (nSPS) is 20.5. The number of carbonyl (C=O) groups is 3. The molecule has 1 heterocycles. The lowest BCUT2D eigenvalue weighted by atomic mass is 9.92. The highest BCUT2D eigenvalue weighted by Gasteiger charge is 2.40. The van der Waals surface area contributed by atoms with Gasteiger partial charge in [0.15, 0.2) is 0 Å². The summed E-state index contributed by atoms with van der Waals surface area (Å²) in [5, 5.41) is 0.680. The average Bonchev–Trinajstić information content (AvgIpc) is 3.32. The van der Waals surface area contributed by atoms with Gasteiger partial charge in [-0.25, -0.2) is 0 Å². The molecule has 1 aliphatic carbocycles. The molecule has 35 heavy (non-hydrogen) atoms. The van der Waals surface area contributed by atoms with Crippen LogP contribution in [-0.2, 0) is 25.5 Å². The monoisotopic (exact) mass is 505 g/mol. The maximum Gasteiger partial charge on any atom is 0.302 e. The second kappa shape index (κ2) is 12.7. The van der Waals surface area contributed by atoms with Crippen LogP contribution >= 0.6 is 11.6 Å². The number of carbonyl (C=O) groups excluding carboxylic acids is 3. The van der Waals surface area contributed by atoms with Crippen molar-refractivity contribution in [3.05, 3.63) is 34.9 Å². The number of esters is 1. The Labute approximate surface area is 214 Å². The third-order valence-electron chi connectivity index (χ3n) is 7.30. The number of rotatable bonds is 9. The lowest BCUT2D eigenvalue weighted by Gasteiger charge is -2.40. The summed E-state index contributed by atoms with van der Waals surface area (Å²) < 4.78 is 5.14. The molecule has 3 atom stereocenters. The van der Waals surface area contributed by atoms with E-state index in [1.54, 1.807) is 0 Å². The molecule has 2 fully saturated rings. The summed E-state index contributed by atoms with van der Waals surface area (Å²) in [4.78, 5) is 44.3. The second-order valence-electron chi connectivity index (χ2n) is 10.3. The van der Waals surface area contributed by atoms with Crippen LogP contribution in [-0.4, -0.2) is 84.4 Å². The summed E-state index contributed by atoms with van der Waals surface area (Å²) in [6, 6.07) is 7.54. The summed E-state index contributed by atoms with van der Waals surface area (Å²) in [6.07, 6.45) is 6.80. The first-order valence-corrected chi connectivity index (χ1v) is 13.2. The highest BCUT2D eigenvalue weighted by atomic mass is 35.5. The lowest BCUT2D eigenvalue weighted by Crippen LogP contribution is -2.52. The summed E-state index contributed by atoms with van der Waals surface area (Å²) >= 11 is 6.03. The summed E-state index contributed by atoms with van der Waals surface area (Å²) in [6.45, 7) is 4.47. The fourth-order valence-corrected chi connectivity index (χ4v) is 5.43. The van der Waals surface area contributed by atoms with Crippen LogP contribution in [0.4, 0.5) is 0 Å². The third kappa shape index (κ3) is 7.43. The number of hydrogen-bond acceptors (Lipinski definition) is 5. The SMILES string of the molecule is CC(=O)OC[C@@H](C)C(=O)N(C1CCCCC1)[C@H]1CCN(C(=O)[C@@H](Cc2ccc(Cl)cc2)N(C)C)C1. The molecule has 0 N–H and O–H groups in total. The van der Waals surface area contributed by atoms with Crippen molar-refractivity contribution < 1.29 is 19.1 Å². The van der Waals surface area contributed by atoms with Crippen molar-refractivity contribution in [1.29, 1.82) is 0 Å². The van der Waals surface area contributed by atoms with Gasteiger partial charge in [0.25, 0.3) is 0 Å². The Balaban J connectivity index is 1.71. The van der Waals surface area contributed by atoms with E-state index in [0.717, 1.165) is 37.7 Å². The molecule has 2 amide bonds. The Hall–Kier alpha value is -2.12. The van der Waals surface area contributed by atoms with Crippen LogP contribution in [0.25, 0.3) is 0 Å². The van der Waals surface area contributed by atoms with Crippen molar-refractivity contribution in [1.82, 2.24) is 14.7 Å². The predicted octanol–water partition coefficient (Wildman–Crippen LogP) is 3.77. The molecule has 1 aromatic rings. The molecule has 0 bridgehead atoms. The Morgan fingerprint density at radius 3 is 2.31 bits per heavy atom. The van der Waals surface area contributed by atoms with Crippen molar-refractivity contribution in [2.75, 3.05) is 33.8 Å². The number of amides is 2. The third-order valence-corrected chi connectivity index (χ3v) is 7.55. The summed E-state index contributed by atoms with van der Waals surface area (Å²) in [5.41, 5.74) is 1.07. The van der Waals surface area contributed by atoms with Gasteiger partial charge in [0.1, 0.15) is 6.61 Å². The number of nitrogens with zero attached hydrogens (tertiary/aromatic N) is 3. The zero-order valence-corrected chi connectivity index (χ0v) is 22.3. The molecule has 2 aliphatic rings. The van der Waals surface area contributed by atoms with Crippen molar-refractivity contribution in [3.63, 3.8) is 0 Å². The van der Waals surface area contributed by atoms with E-state index in [1.165, 1.54) is 13.3 Å². The zero-order chi connectivity index (χ0) is 25.5. The van der Waals surface area contributed by atoms with Gasteiger partial charge in [-0.15, -0.1) is 0 Å². The summed E-state index contributed by atoms with van der Waals surface area (Å²) in [5.74, 6) is -0.647. The number of likely N-dealkylation sites (N-methyl/N-ethyl adjacent to an activating group) is 1. The zero-order valence-electron chi connectivity index (χ0n) is 21.5. The Morgan fingerprint density at radius 2 is 1.71 bits per heavy atom. The molecule has 1 saturated carbocycles. The van der Waals surface area contributed by atoms with E-state index >= 15 is 0 Å². The molecule has 0 unspecified atom stereocenters. The van der Waals surface area contributed by atoms with E-state index in [9.17, 15) is 14.4 Å². The smallest absolute Gasteiger partial charge is 0.302 e. The highest BCUT2D eigenvalue weighted by Crippen LogP contribution is 2.29. The predicted molar refractivity (Wildman–Crippen MR) is 137 cm³/mol. The first kappa shape index (κ1) is 27.5. The lowest BCUT2D eigenvalue weighted by molar-refractivity contribution is -0.149. The second-order valence-corrected chi connectivity index (χ2v) is 10.7. The van der Waals surface area contributed by atoms with Gasteiger partial charge in [-0.2, -0.15) is 0 Å². The van der Waals surface area contributed by atoms with E-state index in [2.05, 4.69) is 0 Å². The summed E-state index contributed by atoms with van der Waals surface area (Å²) in [7, 11) is 3.86. The molecule has 7 nitrogen and oxygen atoms in total. The van der Waals surface area contributed by atoms with Gasteiger partial charge in [-0.3, -0.25) is 19.3 Å². The van der Waals surface area contributed by atoms with Gasteiger partial charge in [-0.1, -0.05) is 49.9 Å². The van der Waals surface area contributed by atoms with Crippen LogP contribution in [0.15, 0.2) is 24.3 Å². The minimum atomic E-state index is -0.398. The van der Waals surface area contributed by atoms with E-state index in [1.807, 2.05) is 60.0 Å². The molecule has 1 saturated heterocycles. The first-order chi connectivity index (χ1) is 16.7. The fraction of sp³-hybridized carbons (Fsp3) is 0.667. The first-order valence-electron chi connectivity index (χ1n) is 12.8. The van der Waals surface area contributed by atoms with Crippen LogP contribution in [0.5, 0.6) is 0 Å². The Bertz CT molecular complexity index is 870. The molecule has 1 aliphatic heterocycles. The van der Waals surface area contributed by atoms with Gasteiger partial charge in [0.05, 0.1) is 18.0 Å². The van der Waals surface area contributed by atoms with Crippen molar-refractivity contribution in [3.8, 4) is 0 Å². The topological polar surface area (TPSA) is 70.2 Å². The molecule has 1 aromatic carbocycles. The molecule has 0 spiro atoms. The quantitative estimate of drug-likeness (QED) is 0.478. The van der Waals surface area contributed by atoms with Crippen LogP contribution in [0, 0.1) is 5.92 Å². The van der Waals surface area contributed by atoms with Gasteiger partial charge in [-0.05, 0) is 57.5 Å². The van der Waals surface area contributed by atoms with Crippen LogP contribution in [0.3, 0.4) is 0 Å². The molecule has 0 radical (unpaired) electrons. The fourth-order valence-electron chi connectivity index (χ4n) is 5.30. The number of ether oxygens (including phenoxy) is 1. The molecule has 194 valence electrons. The number of likely N-dealkylation sites (tertiary alicyclic amines) is 1. The van der Waals surface area contributed by atoms with Crippen molar-refractivity contribution in [2.45, 2.75) is 76.9 Å². The Kier molecular flexibility index (Phi) is 9.99. The van der Waals surface area contributed by atoms with Gasteiger partial charge in [0, 0.05) is 31.1 Å². The van der Waals surface area contributed by atoms with Crippen LogP contribution in [0.1, 0.15) is 57.9 Å². The molecular formula is C27H40ClN3O4. The van der Waals surface area contributed by atoms with Crippen LogP contribution in [0.2, 0.25) is 5.02 Å². The average molecular weight is 506 g/mol. The van der Waals surface area contributed by atoms with E-state index < -0.39 is 5.92 Å². The largest absolute Gasteiger partial charge is 0.465 e. The standard InChI is InChI=1S/C27H40ClN3O4/c1-19(18-35-20(2)32)26(33)31(23-8-6-5-7-9-23)24-14-15-30(17-24)27(34)25(29(3)4)16-21-10-12-22(28)13-11-21/h10-13,19,23-25H,5-9,14-18H2,1-4H3/t19-,24+,25-/m1/s1. The van der Waals surface area contributed by atoms with Crippen molar-refractivity contribution in [2.24, 2.45) is 5.92 Å². The minimum Gasteiger partial charge on any atom is -0.465 e. The van der Waals surface area contributed by atoms with Crippen molar-refractivity contribution >= 4 is 29.4 Å². The highest BCUT2D eigenvalue weighted by molar-refractivity contribution is 6.30. The molecule has 3 rings (SSSR count). The maximum atomic E-state index is 13.6. The molecular weight excluding hydrogens is 466 g/mol. The van der Waals surface area contributed by atoms with Gasteiger partial charge < -0.3 is 14.5 Å². The van der Waals surface area contributed by atoms with Gasteiger partial charge in [0.2, 0.25) is 11.8 Å². The van der Waals surface area contributed by atoms with E-state index in [0.29, 0.717) is 24.5 Å². The minimum absolute atomic E-state index is 0.00678. The Morgan fingerprint density at radius 1 is 1.06 bits per heavy atom. The van der Waals surface area contributed by atoms with E-state index in [-0.39, 0.29) is 42.5 Å². The maximum absolute atomic E-state index is 13.6. The van der Waals surface area contributed by atoms with Gasteiger partial charge >= 0.3 is 5.97 Å². The number of hydrogen-bond donors (Lipinski definition) is 0. The number of halogens is 1. The van der Waals surface area contributed by atoms with Crippen LogP contribution < -0.4 is 0 Å². The number of benzene rings is 1.